The van der Waals surface area contributed by atoms with E-state index in [4.69, 9.17) is 4.74 Å². The van der Waals surface area contributed by atoms with Crippen LogP contribution < -0.4 is 4.74 Å². The molecule has 2 aromatic rings. The Balaban J connectivity index is 1.35. The Morgan fingerprint density at radius 3 is 2.57 bits per heavy atom. The first-order valence-corrected chi connectivity index (χ1v) is 8.16. The lowest BCUT2D eigenvalue weighted by Crippen LogP contribution is -2.20. The highest BCUT2D eigenvalue weighted by Gasteiger charge is 2.18. The van der Waals surface area contributed by atoms with Gasteiger partial charge in [0.1, 0.15) is 5.75 Å². The van der Waals surface area contributed by atoms with Crippen molar-refractivity contribution in [1.82, 2.24) is 0 Å². The third-order valence-electron chi connectivity index (χ3n) is 4.38. The van der Waals surface area contributed by atoms with Crippen molar-refractivity contribution < 1.29 is 4.74 Å². The largest absolute Gasteiger partial charge is 0.493 e. The van der Waals surface area contributed by atoms with E-state index in [0.717, 1.165) is 12.4 Å². The smallest absolute Gasteiger partial charge is 0.122 e. The number of hydrogen-bond acceptors (Lipinski definition) is 1. The average molecular weight is 280 g/mol. The van der Waals surface area contributed by atoms with Gasteiger partial charge in [0, 0.05) is 0 Å². The molecule has 1 heterocycles. The number of ether oxygens (including phenoxy) is 1. The molecule has 0 aliphatic carbocycles. The molecule has 0 saturated carbocycles. The van der Waals surface area contributed by atoms with E-state index in [0.29, 0.717) is 5.92 Å². The van der Waals surface area contributed by atoms with E-state index >= 15 is 0 Å². The van der Waals surface area contributed by atoms with Crippen LogP contribution in [0.4, 0.5) is 0 Å². The van der Waals surface area contributed by atoms with Crippen LogP contribution in [0.15, 0.2) is 54.6 Å². The van der Waals surface area contributed by atoms with Crippen LogP contribution in [0.1, 0.15) is 36.8 Å². The molecule has 21 heavy (non-hydrogen) atoms. The summed E-state index contributed by atoms with van der Waals surface area (Å²) < 4.78 is 5.86. The predicted molar refractivity (Wildman–Crippen MR) is 87.7 cm³/mol. The van der Waals surface area contributed by atoms with Crippen LogP contribution in [0, 0.1) is 5.92 Å². The molecule has 0 aromatic heterocycles. The first-order chi connectivity index (χ1) is 10.4. The molecule has 0 N–H and O–H groups in total. The van der Waals surface area contributed by atoms with Crippen LogP contribution in [0.5, 0.6) is 5.75 Å². The minimum atomic E-state index is 0.705. The quantitative estimate of drug-likeness (QED) is 0.673. The van der Waals surface area contributed by atoms with Crippen LogP contribution >= 0.6 is 0 Å². The first-order valence-electron chi connectivity index (χ1n) is 8.16. The van der Waals surface area contributed by atoms with Crippen LogP contribution in [0.2, 0.25) is 0 Å². The minimum Gasteiger partial charge on any atom is -0.493 e. The third-order valence-corrected chi connectivity index (χ3v) is 4.38. The Morgan fingerprint density at radius 1 is 0.857 bits per heavy atom. The minimum absolute atomic E-state index is 0.705. The summed E-state index contributed by atoms with van der Waals surface area (Å²) in [6.07, 6.45) is 7.65. The highest BCUT2D eigenvalue weighted by Crippen LogP contribution is 2.29. The van der Waals surface area contributed by atoms with Gasteiger partial charge >= 0.3 is 0 Å². The summed E-state index contributed by atoms with van der Waals surface area (Å²) in [7, 11) is 0. The molecule has 0 fully saturated rings. The van der Waals surface area contributed by atoms with E-state index in [9.17, 15) is 0 Å². The van der Waals surface area contributed by atoms with E-state index < -0.39 is 0 Å². The SMILES string of the molecule is c1ccc(CCCCCC2COc3ccccc3C2)cc1. The van der Waals surface area contributed by atoms with Crippen LogP contribution in [0.3, 0.4) is 0 Å². The molecule has 1 atom stereocenters. The van der Waals surface area contributed by atoms with Crippen molar-refractivity contribution in [3.8, 4) is 5.75 Å². The average Bonchev–Trinajstić information content (AvgIpc) is 2.55. The molecule has 0 amide bonds. The maximum absolute atomic E-state index is 5.86. The summed E-state index contributed by atoms with van der Waals surface area (Å²) in [5.41, 5.74) is 2.85. The van der Waals surface area contributed by atoms with Gasteiger partial charge in [0.2, 0.25) is 0 Å². The number of unbranched alkanes of at least 4 members (excludes halogenated alkanes) is 2. The van der Waals surface area contributed by atoms with Gasteiger partial charge < -0.3 is 4.74 Å². The predicted octanol–water partition coefficient (Wildman–Crippen LogP) is 5.04. The molecule has 1 aliphatic heterocycles. The zero-order valence-corrected chi connectivity index (χ0v) is 12.6. The molecule has 1 nitrogen and oxygen atoms in total. The van der Waals surface area contributed by atoms with Crippen LogP contribution in [0.25, 0.3) is 0 Å². The summed E-state index contributed by atoms with van der Waals surface area (Å²) in [6, 6.07) is 19.3. The Morgan fingerprint density at radius 2 is 1.67 bits per heavy atom. The van der Waals surface area contributed by atoms with E-state index in [1.165, 1.54) is 49.7 Å². The summed E-state index contributed by atoms with van der Waals surface area (Å²) >= 11 is 0. The molecule has 0 radical (unpaired) electrons. The van der Waals surface area contributed by atoms with Gasteiger partial charge in [-0.15, -0.1) is 0 Å². The van der Waals surface area contributed by atoms with Crippen LogP contribution in [-0.2, 0) is 12.8 Å². The molecular weight excluding hydrogens is 256 g/mol. The molecule has 1 unspecified atom stereocenters. The Labute approximate surface area is 128 Å². The van der Waals surface area contributed by atoms with Gasteiger partial charge in [0.25, 0.3) is 0 Å². The van der Waals surface area contributed by atoms with Crippen molar-refractivity contribution in [3.05, 3.63) is 65.7 Å². The summed E-state index contributed by atoms with van der Waals surface area (Å²) in [6.45, 7) is 0.899. The number of hydrogen-bond donors (Lipinski definition) is 0. The molecule has 0 bridgehead atoms. The van der Waals surface area contributed by atoms with Gasteiger partial charge in [0.05, 0.1) is 6.61 Å². The maximum atomic E-state index is 5.86. The normalized spacial score (nSPS) is 17.0. The molecule has 1 heteroatoms. The fourth-order valence-electron chi connectivity index (χ4n) is 3.16. The zero-order valence-electron chi connectivity index (χ0n) is 12.6. The zero-order chi connectivity index (χ0) is 14.3. The second kappa shape index (κ2) is 7.31. The van der Waals surface area contributed by atoms with E-state index in [1.54, 1.807) is 0 Å². The summed E-state index contributed by atoms with van der Waals surface area (Å²) in [4.78, 5) is 0. The molecule has 0 spiro atoms. The maximum Gasteiger partial charge on any atom is 0.122 e. The molecular formula is C20H24O. The molecule has 110 valence electrons. The monoisotopic (exact) mass is 280 g/mol. The Kier molecular flexibility index (Phi) is 4.94. The fraction of sp³-hybridized carbons (Fsp3) is 0.400. The van der Waals surface area contributed by atoms with Crippen molar-refractivity contribution in [1.29, 1.82) is 0 Å². The molecule has 3 rings (SSSR count). The van der Waals surface area contributed by atoms with Gasteiger partial charge in [-0.05, 0) is 48.8 Å². The van der Waals surface area contributed by atoms with Gasteiger partial charge in [-0.3, -0.25) is 0 Å². The lowest BCUT2D eigenvalue weighted by atomic mass is 9.92. The first kappa shape index (κ1) is 14.2. The van der Waals surface area contributed by atoms with E-state index in [1.807, 2.05) is 0 Å². The number of benzene rings is 2. The number of rotatable bonds is 6. The van der Waals surface area contributed by atoms with Gasteiger partial charge in [0.15, 0.2) is 0 Å². The van der Waals surface area contributed by atoms with Crippen molar-refractivity contribution in [2.75, 3.05) is 6.61 Å². The molecule has 2 aromatic carbocycles. The summed E-state index contributed by atoms with van der Waals surface area (Å²) in [5, 5.41) is 0. The highest BCUT2D eigenvalue weighted by atomic mass is 16.5. The number of aryl methyl sites for hydroxylation is 1. The standard InChI is InChI=1S/C20H24O/c1-3-9-17(10-4-1)11-5-2-6-12-18-15-19-13-7-8-14-20(19)21-16-18/h1,3-4,7-10,13-14,18H,2,5-6,11-12,15-16H2. The van der Waals surface area contributed by atoms with Gasteiger partial charge in [-0.25, -0.2) is 0 Å². The lowest BCUT2D eigenvalue weighted by molar-refractivity contribution is 0.211. The second-order valence-electron chi connectivity index (χ2n) is 6.07. The number of fused-ring (bicyclic) bond motifs is 1. The Bertz CT molecular complexity index is 547. The van der Waals surface area contributed by atoms with E-state index in [-0.39, 0.29) is 0 Å². The van der Waals surface area contributed by atoms with Crippen molar-refractivity contribution >= 4 is 0 Å². The highest BCUT2D eigenvalue weighted by molar-refractivity contribution is 5.35. The van der Waals surface area contributed by atoms with Crippen molar-refractivity contribution in [2.24, 2.45) is 5.92 Å². The molecule has 1 aliphatic rings. The van der Waals surface area contributed by atoms with Gasteiger partial charge in [-0.1, -0.05) is 61.4 Å². The third kappa shape index (κ3) is 4.10. The Hall–Kier alpha value is -1.76. The van der Waals surface area contributed by atoms with Gasteiger partial charge in [-0.2, -0.15) is 0 Å². The van der Waals surface area contributed by atoms with Crippen molar-refractivity contribution in [2.45, 2.75) is 38.5 Å². The second-order valence-corrected chi connectivity index (χ2v) is 6.07. The van der Waals surface area contributed by atoms with E-state index in [2.05, 4.69) is 54.6 Å². The topological polar surface area (TPSA) is 9.23 Å². The number of para-hydroxylation sites is 1. The van der Waals surface area contributed by atoms with Crippen molar-refractivity contribution in [3.63, 3.8) is 0 Å². The fourth-order valence-corrected chi connectivity index (χ4v) is 3.16. The van der Waals surface area contributed by atoms with Crippen LogP contribution in [-0.4, -0.2) is 6.61 Å². The summed E-state index contributed by atoms with van der Waals surface area (Å²) in [5.74, 6) is 1.80. The lowest BCUT2D eigenvalue weighted by Gasteiger charge is -2.25. The molecule has 0 saturated heterocycles.